The van der Waals surface area contributed by atoms with E-state index in [1.54, 1.807) is 38.1 Å². The van der Waals surface area contributed by atoms with Crippen LogP contribution in [0.4, 0.5) is 0 Å². The second-order valence-corrected chi connectivity index (χ2v) is 5.10. The van der Waals surface area contributed by atoms with Gasteiger partial charge in [0.05, 0.1) is 16.9 Å². The number of carbonyl (C=O) groups is 1. The van der Waals surface area contributed by atoms with Crippen molar-refractivity contribution >= 4 is 17.5 Å². The molecular weight excluding hydrogens is 290 g/mol. The first kappa shape index (κ1) is 15.3. The van der Waals surface area contributed by atoms with E-state index in [1.807, 2.05) is 0 Å². The topological polar surface area (TPSA) is 64.0 Å². The third-order valence-corrected chi connectivity index (χ3v) is 3.60. The summed E-state index contributed by atoms with van der Waals surface area (Å²) in [5.74, 6) is -0.259. The fraction of sp³-hybridized carbons (Fsp3) is 0.267. The predicted molar refractivity (Wildman–Crippen MR) is 81.8 cm³/mol. The second kappa shape index (κ2) is 6.54. The lowest BCUT2D eigenvalue weighted by Gasteiger charge is -2.09. The van der Waals surface area contributed by atoms with Gasteiger partial charge in [-0.15, -0.1) is 0 Å². The Kier molecular flexibility index (Phi) is 4.75. The molecule has 6 heteroatoms. The van der Waals surface area contributed by atoms with Gasteiger partial charge in [0.25, 0.3) is 11.5 Å². The number of rotatable bonds is 4. The minimum absolute atomic E-state index is 0.0884. The zero-order chi connectivity index (χ0) is 15.4. The highest BCUT2D eigenvalue weighted by atomic mass is 35.5. The number of hydrogen-bond donors (Lipinski definition) is 1. The molecule has 0 spiro atoms. The van der Waals surface area contributed by atoms with Gasteiger partial charge in [0.2, 0.25) is 0 Å². The van der Waals surface area contributed by atoms with Crippen molar-refractivity contribution in [1.29, 1.82) is 0 Å². The molecule has 0 aliphatic heterocycles. The fourth-order valence-corrected chi connectivity index (χ4v) is 2.09. The van der Waals surface area contributed by atoms with Crippen molar-refractivity contribution < 1.29 is 4.79 Å². The summed E-state index contributed by atoms with van der Waals surface area (Å²) in [6.45, 7) is 4.22. The summed E-state index contributed by atoms with van der Waals surface area (Å²) in [6.07, 6.45) is 1.49. The molecule has 0 saturated carbocycles. The standard InChI is InChI=1S/C15H16ClN3O2/c1-10-11(2)18-9-19(15(10)21)8-7-17-14(20)12-5-3-4-6-13(12)16/h3-6,9H,7-8H2,1-2H3,(H,17,20). The molecule has 0 unspecified atom stereocenters. The summed E-state index contributed by atoms with van der Waals surface area (Å²) >= 11 is 5.95. The van der Waals surface area contributed by atoms with Crippen LogP contribution in [-0.2, 0) is 6.54 Å². The van der Waals surface area contributed by atoms with Crippen LogP contribution >= 0.6 is 11.6 Å². The Morgan fingerprint density at radius 2 is 2.05 bits per heavy atom. The molecule has 5 nitrogen and oxygen atoms in total. The van der Waals surface area contributed by atoms with Gasteiger partial charge < -0.3 is 5.32 Å². The summed E-state index contributed by atoms with van der Waals surface area (Å²) < 4.78 is 1.48. The van der Waals surface area contributed by atoms with Gasteiger partial charge in [-0.2, -0.15) is 0 Å². The zero-order valence-electron chi connectivity index (χ0n) is 11.9. The molecule has 0 atom stereocenters. The maximum atomic E-state index is 12.0. The van der Waals surface area contributed by atoms with Crippen molar-refractivity contribution in [3.8, 4) is 0 Å². The van der Waals surface area contributed by atoms with Gasteiger partial charge in [-0.1, -0.05) is 23.7 Å². The summed E-state index contributed by atoms with van der Waals surface area (Å²) in [4.78, 5) is 28.1. The second-order valence-electron chi connectivity index (χ2n) is 4.69. The number of nitrogens with zero attached hydrogens (tertiary/aromatic N) is 2. The molecule has 1 N–H and O–H groups in total. The van der Waals surface area contributed by atoms with Crippen LogP contribution in [0.3, 0.4) is 0 Å². The Morgan fingerprint density at radius 3 is 2.76 bits per heavy atom. The molecule has 1 aromatic heterocycles. The van der Waals surface area contributed by atoms with Crippen molar-refractivity contribution in [2.24, 2.45) is 0 Å². The highest BCUT2D eigenvalue weighted by Gasteiger charge is 2.09. The minimum atomic E-state index is -0.259. The van der Waals surface area contributed by atoms with E-state index in [0.29, 0.717) is 29.2 Å². The first-order valence-corrected chi connectivity index (χ1v) is 6.94. The molecule has 0 bridgehead atoms. The summed E-state index contributed by atoms with van der Waals surface area (Å²) in [5.41, 5.74) is 1.67. The van der Waals surface area contributed by atoms with E-state index < -0.39 is 0 Å². The Hall–Kier alpha value is -2.14. The number of benzene rings is 1. The summed E-state index contributed by atoms with van der Waals surface area (Å²) in [5, 5.41) is 3.14. The average Bonchev–Trinajstić information content (AvgIpc) is 2.47. The average molecular weight is 306 g/mol. The lowest BCUT2D eigenvalue weighted by Crippen LogP contribution is -2.32. The van der Waals surface area contributed by atoms with Gasteiger partial charge in [0, 0.05) is 24.3 Å². The number of carbonyl (C=O) groups excluding carboxylic acids is 1. The van der Waals surface area contributed by atoms with Crippen LogP contribution < -0.4 is 10.9 Å². The highest BCUT2D eigenvalue weighted by molar-refractivity contribution is 6.33. The van der Waals surface area contributed by atoms with E-state index >= 15 is 0 Å². The molecule has 1 amide bonds. The SMILES string of the molecule is Cc1ncn(CCNC(=O)c2ccccc2Cl)c(=O)c1C. The smallest absolute Gasteiger partial charge is 0.256 e. The van der Waals surface area contributed by atoms with Crippen molar-refractivity contribution in [3.63, 3.8) is 0 Å². The highest BCUT2D eigenvalue weighted by Crippen LogP contribution is 2.14. The Balaban J connectivity index is 1.99. The lowest BCUT2D eigenvalue weighted by atomic mass is 10.2. The molecule has 0 radical (unpaired) electrons. The third kappa shape index (κ3) is 3.49. The number of aromatic nitrogens is 2. The fourth-order valence-electron chi connectivity index (χ4n) is 1.87. The summed E-state index contributed by atoms with van der Waals surface area (Å²) in [7, 11) is 0. The number of halogens is 1. The van der Waals surface area contributed by atoms with E-state index in [0.717, 1.165) is 5.69 Å². The first-order valence-electron chi connectivity index (χ1n) is 6.56. The Bertz CT molecular complexity index is 725. The molecule has 1 heterocycles. The number of nitrogens with one attached hydrogen (secondary N) is 1. The molecule has 2 aromatic rings. The van der Waals surface area contributed by atoms with Crippen LogP contribution in [0.2, 0.25) is 5.02 Å². The maximum absolute atomic E-state index is 12.0. The van der Waals surface area contributed by atoms with E-state index in [-0.39, 0.29) is 11.5 Å². The van der Waals surface area contributed by atoms with Gasteiger partial charge >= 0.3 is 0 Å². The molecule has 2 rings (SSSR count). The number of amides is 1. The number of aryl methyl sites for hydroxylation is 1. The predicted octanol–water partition coefficient (Wildman–Crippen LogP) is 1.94. The quantitative estimate of drug-likeness (QED) is 0.939. The maximum Gasteiger partial charge on any atom is 0.256 e. The van der Waals surface area contributed by atoms with Crippen LogP contribution in [0, 0.1) is 13.8 Å². The molecule has 0 fully saturated rings. The van der Waals surface area contributed by atoms with Gasteiger partial charge in [0.1, 0.15) is 0 Å². The van der Waals surface area contributed by atoms with Gasteiger partial charge in [-0.05, 0) is 26.0 Å². The summed E-state index contributed by atoms with van der Waals surface area (Å²) in [6, 6.07) is 6.83. The van der Waals surface area contributed by atoms with E-state index in [9.17, 15) is 9.59 Å². The van der Waals surface area contributed by atoms with E-state index in [4.69, 9.17) is 11.6 Å². The third-order valence-electron chi connectivity index (χ3n) is 3.27. The molecule has 110 valence electrons. The molecular formula is C15H16ClN3O2. The molecule has 0 saturated heterocycles. The van der Waals surface area contributed by atoms with Crippen LogP contribution in [0.1, 0.15) is 21.6 Å². The van der Waals surface area contributed by atoms with Crippen molar-refractivity contribution in [2.45, 2.75) is 20.4 Å². The van der Waals surface area contributed by atoms with Crippen molar-refractivity contribution in [2.75, 3.05) is 6.54 Å². The first-order chi connectivity index (χ1) is 10.0. The monoisotopic (exact) mass is 305 g/mol. The van der Waals surface area contributed by atoms with Crippen LogP contribution in [0.5, 0.6) is 0 Å². The van der Waals surface area contributed by atoms with Crippen LogP contribution in [0.25, 0.3) is 0 Å². The molecule has 21 heavy (non-hydrogen) atoms. The minimum Gasteiger partial charge on any atom is -0.350 e. The number of hydrogen-bond acceptors (Lipinski definition) is 3. The van der Waals surface area contributed by atoms with Gasteiger partial charge in [-0.3, -0.25) is 14.2 Å². The van der Waals surface area contributed by atoms with Gasteiger partial charge in [-0.25, -0.2) is 4.98 Å². The largest absolute Gasteiger partial charge is 0.350 e. The van der Waals surface area contributed by atoms with Crippen LogP contribution in [-0.4, -0.2) is 22.0 Å². The Morgan fingerprint density at radius 1 is 1.33 bits per heavy atom. The zero-order valence-corrected chi connectivity index (χ0v) is 12.6. The Labute approximate surface area is 127 Å². The molecule has 0 aliphatic carbocycles. The van der Waals surface area contributed by atoms with Crippen LogP contribution in [0.15, 0.2) is 35.4 Å². The van der Waals surface area contributed by atoms with E-state index in [1.165, 1.54) is 10.9 Å². The van der Waals surface area contributed by atoms with Crippen molar-refractivity contribution in [3.05, 3.63) is 62.8 Å². The molecule has 1 aromatic carbocycles. The van der Waals surface area contributed by atoms with Gasteiger partial charge in [0.15, 0.2) is 0 Å². The lowest BCUT2D eigenvalue weighted by molar-refractivity contribution is 0.0952. The molecule has 0 aliphatic rings. The van der Waals surface area contributed by atoms with Crippen molar-refractivity contribution in [1.82, 2.24) is 14.9 Å². The normalized spacial score (nSPS) is 10.4. The van der Waals surface area contributed by atoms with E-state index in [2.05, 4.69) is 10.3 Å².